The van der Waals surface area contributed by atoms with Gasteiger partial charge in [0.05, 0.1) is 11.4 Å². The Morgan fingerprint density at radius 2 is 1.91 bits per heavy atom. The van der Waals surface area contributed by atoms with Gasteiger partial charge in [-0.3, -0.25) is 9.78 Å². The summed E-state index contributed by atoms with van der Waals surface area (Å²) in [5.41, 5.74) is 3.81. The van der Waals surface area contributed by atoms with Crippen LogP contribution in [0.2, 0.25) is 0 Å². The highest BCUT2D eigenvalue weighted by atomic mass is 32.1. The Morgan fingerprint density at radius 3 is 2.61 bits per heavy atom. The van der Waals surface area contributed by atoms with Gasteiger partial charge in [-0.1, -0.05) is 35.9 Å². The number of rotatable bonds is 4. The van der Waals surface area contributed by atoms with Gasteiger partial charge >= 0.3 is 0 Å². The molecule has 3 aromatic rings. The molecule has 0 aliphatic carbocycles. The second kappa shape index (κ2) is 6.71. The zero-order valence-corrected chi connectivity index (χ0v) is 13.9. The van der Waals surface area contributed by atoms with Crippen LogP contribution in [0.1, 0.15) is 26.5 Å². The van der Waals surface area contributed by atoms with E-state index in [1.807, 2.05) is 56.3 Å². The molecule has 0 saturated heterocycles. The van der Waals surface area contributed by atoms with Gasteiger partial charge in [-0.25, -0.2) is 4.98 Å². The number of nitrogens with one attached hydrogen (secondary N) is 1. The lowest BCUT2D eigenvalue weighted by molar-refractivity contribution is 0.0954. The summed E-state index contributed by atoms with van der Waals surface area (Å²) in [5, 5.41) is 3.72. The molecule has 5 heteroatoms. The van der Waals surface area contributed by atoms with Crippen LogP contribution in [0.25, 0.3) is 10.7 Å². The summed E-state index contributed by atoms with van der Waals surface area (Å²) in [6.07, 6.45) is 1.73. The van der Waals surface area contributed by atoms with Crippen molar-refractivity contribution >= 4 is 17.2 Å². The quantitative estimate of drug-likeness (QED) is 0.795. The first-order valence-corrected chi connectivity index (χ1v) is 8.18. The van der Waals surface area contributed by atoms with Gasteiger partial charge in [0.25, 0.3) is 5.91 Å². The van der Waals surface area contributed by atoms with Crippen molar-refractivity contribution in [3.05, 3.63) is 70.4 Å². The minimum atomic E-state index is -0.0947. The SMILES string of the molecule is Cc1ccc(CNC(=O)c2sc(-c3ccccn3)nc2C)cc1. The largest absolute Gasteiger partial charge is 0.347 e. The maximum absolute atomic E-state index is 12.4. The predicted molar refractivity (Wildman–Crippen MR) is 92.4 cm³/mol. The number of benzene rings is 1. The molecule has 0 radical (unpaired) electrons. The van der Waals surface area contributed by atoms with Crippen molar-refractivity contribution in [3.63, 3.8) is 0 Å². The molecule has 0 aliphatic rings. The number of carbonyl (C=O) groups is 1. The molecule has 0 spiro atoms. The normalized spacial score (nSPS) is 10.5. The van der Waals surface area contributed by atoms with Crippen molar-refractivity contribution in [2.24, 2.45) is 0 Å². The van der Waals surface area contributed by atoms with Gasteiger partial charge in [0.1, 0.15) is 9.88 Å². The summed E-state index contributed by atoms with van der Waals surface area (Å²) in [6.45, 7) is 4.40. The molecule has 0 aliphatic heterocycles. The van der Waals surface area contributed by atoms with Crippen molar-refractivity contribution in [2.75, 3.05) is 0 Å². The maximum Gasteiger partial charge on any atom is 0.263 e. The van der Waals surface area contributed by atoms with E-state index >= 15 is 0 Å². The van der Waals surface area contributed by atoms with E-state index in [9.17, 15) is 4.79 Å². The van der Waals surface area contributed by atoms with Gasteiger partial charge in [0.15, 0.2) is 0 Å². The third-order valence-corrected chi connectivity index (χ3v) is 4.64. The molecule has 2 heterocycles. The van der Waals surface area contributed by atoms with E-state index in [4.69, 9.17) is 0 Å². The van der Waals surface area contributed by atoms with Crippen molar-refractivity contribution < 1.29 is 4.79 Å². The Hall–Kier alpha value is -2.53. The van der Waals surface area contributed by atoms with Gasteiger partial charge in [-0.05, 0) is 31.5 Å². The fourth-order valence-electron chi connectivity index (χ4n) is 2.17. The third kappa shape index (κ3) is 3.63. The van der Waals surface area contributed by atoms with E-state index in [0.717, 1.165) is 22.0 Å². The molecule has 3 rings (SSSR count). The number of hydrogen-bond acceptors (Lipinski definition) is 4. The monoisotopic (exact) mass is 323 g/mol. The van der Waals surface area contributed by atoms with Crippen LogP contribution in [0, 0.1) is 13.8 Å². The van der Waals surface area contributed by atoms with Gasteiger partial charge in [-0.2, -0.15) is 0 Å². The van der Waals surface area contributed by atoms with E-state index < -0.39 is 0 Å². The zero-order chi connectivity index (χ0) is 16.2. The van der Waals surface area contributed by atoms with Gasteiger partial charge in [-0.15, -0.1) is 11.3 Å². The van der Waals surface area contributed by atoms with Crippen LogP contribution in [0.3, 0.4) is 0 Å². The number of aryl methyl sites for hydroxylation is 2. The number of hydrogen-bond donors (Lipinski definition) is 1. The van der Waals surface area contributed by atoms with Gasteiger partial charge < -0.3 is 5.32 Å². The van der Waals surface area contributed by atoms with E-state index in [2.05, 4.69) is 15.3 Å². The highest BCUT2D eigenvalue weighted by Gasteiger charge is 2.16. The second-order valence-corrected chi connectivity index (χ2v) is 6.32. The van der Waals surface area contributed by atoms with Crippen molar-refractivity contribution in [1.29, 1.82) is 0 Å². The number of carbonyl (C=O) groups excluding carboxylic acids is 1. The lowest BCUT2D eigenvalue weighted by Crippen LogP contribution is -2.22. The van der Waals surface area contributed by atoms with Crippen LogP contribution < -0.4 is 5.32 Å². The molecule has 23 heavy (non-hydrogen) atoms. The molecule has 2 aromatic heterocycles. The standard InChI is InChI=1S/C18H17N3OS/c1-12-6-8-14(9-7-12)11-20-17(22)16-13(2)21-18(23-16)15-5-3-4-10-19-15/h3-10H,11H2,1-2H3,(H,20,22). The summed E-state index contributed by atoms with van der Waals surface area (Å²) in [6, 6.07) is 13.8. The second-order valence-electron chi connectivity index (χ2n) is 5.32. The average Bonchev–Trinajstić information content (AvgIpc) is 2.97. The number of thiazole rings is 1. The molecular formula is C18H17N3OS. The van der Waals surface area contributed by atoms with Crippen LogP contribution >= 0.6 is 11.3 Å². The van der Waals surface area contributed by atoms with Crippen molar-refractivity contribution in [1.82, 2.24) is 15.3 Å². The first kappa shape index (κ1) is 15.4. The predicted octanol–water partition coefficient (Wildman–Crippen LogP) is 3.75. The van der Waals surface area contributed by atoms with Crippen LogP contribution in [-0.2, 0) is 6.54 Å². The molecule has 0 unspecified atom stereocenters. The molecule has 116 valence electrons. The van der Waals surface area contributed by atoms with Crippen molar-refractivity contribution in [2.45, 2.75) is 20.4 Å². The zero-order valence-electron chi connectivity index (χ0n) is 13.0. The molecule has 0 saturated carbocycles. The molecule has 0 atom stereocenters. The summed E-state index contributed by atoms with van der Waals surface area (Å²) in [4.78, 5) is 21.8. The van der Waals surface area contributed by atoms with Gasteiger partial charge in [0.2, 0.25) is 0 Å². The van der Waals surface area contributed by atoms with Gasteiger partial charge in [0, 0.05) is 12.7 Å². The Balaban J connectivity index is 1.72. The number of pyridine rings is 1. The summed E-state index contributed by atoms with van der Waals surface area (Å²) < 4.78 is 0. The lowest BCUT2D eigenvalue weighted by Gasteiger charge is -2.04. The lowest BCUT2D eigenvalue weighted by atomic mass is 10.1. The number of amides is 1. The Labute approximate surface area is 139 Å². The smallest absolute Gasteiger partial charge is 0.263 e. The van der Waals surface area contributed by atoms with E-state index in [0.29, 0.717) is 11.4 Å². The number of nitrogens with zero attached hydrogens (tertiary/aromatic N) is 2. The minimum Gasteiger partial charge on any atom is -0.347 e. The Kier molecular flexibility index (Phi) is 4.48. The van der Waals surface area contributed by atoms with Crippen LogP contribution in [0.15, 0.2) is 48.7 Å². The Morgan fingerprint density at radius 1 is 1.13 bits per heavy atom. The first-order valence-electron chi connectivity index (χ1n) is 7.36. The maximum atomic E-state index is 12.4. The van der Waals surface area contributed by atoms with E-state index in [1.54, 1.807) is 6.20 Å². The Bertz CT molecular complexity index is 810. The molecular weight excluding hydrogens is 306 g/mol. The minimum absolute atomic E-state index is 0.0947. The summed E-state index contributed by atoms with van der Waals surface area (Å²) in [7, 11) is 0. The molecule has 1 aromatic carbocycles. The van der Waals surface area contributed by atoms with Crippen LogP contribution in [0.5, 0.6) is 0 Å². The fourth-order valence-corrected chi connectivity index (χ4v) is 3.13. The van der Waals surface area contributed by atoms with Crippen LogP contribution in [-0.4, -0.2) is 15.9 Å². The molecule has 1 amide bonds. The van der Waals surface area contributed by atoms with E-state index in [1.165, 1.54) is 16.9 Å². The summed E-state index contributed by atoms with van der Waals surface area (Å²) in [5.74, 6) is -0.0947. The first-order chi connectivity index (χ1) is 11.1. The van der Waals surface area contributed by atoms with Crippen molar-refractivity contribution in [3.8, 4) is 10.7 Å². The average molecular weight is 323 g/mol. The molecule has 1 N–H and O–H groups in total. The topological polar surface area (TPSA) is 54.9 Å². The molecule has 0 fully saturated rings. The number of aromatic nitrogens is 2. The molecule has 0 bridgehead atoms. The highest BCUT2D eigenvalue weighted by Crippen LogP contribution is 2.26. The van der Waals surface area contributed by atoms with E-state index in [-0.39, 0.29) is 5.91 Å². The van der Waals surface area contributed by atoms with Crippen LogP contribution in [0.4, 0.5) is 0 Å². The third-order valence-electron chi connectivity index (χ3n) is 3.46. The molecule has 4 nitrogen and oxygen atoms in total. The fraction of sp³-hybridized carbons (Fsp3) is 0.167. The highest BCUT2D eigenvalue weighted by molar-refractivity contribution is 7.17. The summed E-state index contributed by atoms with van der Waals surface area (Å²) >= 11 is 1.37.